The Morgan fingerprint density at radius 2 is 2.25 bits per heavy atom. The Morgan fingerprint density at radius 1 is 1.56 bits per heavy atom. The van der Waals surface area contributed by atoms with Crippen LogP contribution in [0, 0.1) is 11.8 Å². The van der Waals surface area contributed by atoms with E-state index in [0.29, 0.717) is 18.4 Å². The fourth-order valence-corrected chi connectivity index (χ4v) is 2.28. The molecule has 1 fully saturated rings. The first-order valence-corrected chi connectivity index (χ1v) is 6.32. The fraction of sp³-hybridized carbons (Fsp3) is 0.917. The van der Waals surface area contributed by atoms with E-state index in [2.05, 4.69) is 31.0 Å². The predicted octanol–water partition coefficient (Wildman–Crippen LogP) is 0.428. The Labute approximate surface area is 98.6 Å². The number of hydrogen-bond donors (Lipinski definition) is 2. The second-order valence-electron chi connectivity index (χ2n) is 4.95. The van der Waals surface area contributed by atoms with Crippen LogP contribution in [-0.2, 0) is 4.79 Å². The van der Waals surface area contributed by atoms with Gasteiger partial charge in [0, 0.05) is 19.6 Å². The molecule has 16 heavy (non-hydrogen) atoms. The summed E-state index contributed by atoms with van der Waals surface area (Å²) in [5, 5.41) is 2.92. The zero-order chi connectivity index (χ0) is 12.1. The standard InChI is InChI=1S/C12H25N3O/c1-4-11-12(16)14-5-6-15(11)8-10(7-13)9(2)3/h9-11H,4-8,13H2,1-3H3,(H,14,16). The molecule has 1 saturated heterocycles. The molecule has 1 rings (SSSR count). The molecule has 0 aromatic carbocycles. The molecule has 94 valence electrons. The zero-order valence-corrected chi connectivity index (χ0v) is 10.7. The van der Waals surface area contributed by atoms with Crippen molar-refractivity contribution in [2.45, 2.75) is 33.2 Å². The molecule has 0 bridgehead atoms. The molecule has 0 aromatic rings. The molecule has 0 aliphatic carbocycles. The summed E-state index contributed by atoms with van der Waals surface area (Å²) in [5.41, 5.74) is 5.79. The van der Waals surface area contributed by atoms with E-state index >= 15 is 0 Å². The van der Waals surface area contributed by atoms with Crippen molar-refractivity contribution >= 4 is 5.91 Å². The van der Waals surface area contributed by atoms with Crippen LogP contribution in [0.1, 0.15) is 27.2 Å². The first kappa shape index (κ1) is 13.5. The topological polar surface area (TPSA) is 58.4 Å². The number of carbonyl (C=O) groups excluding carboxylic acids is 1. The Kier molecular flexibility index (Phi) is 5.22. The van der Waals surface area contributed by atoms with Crippen LogP contribution in [0.3, 0.4) is 0 Å². The molecule has 0 spiro atoms. The normalized spacial score (nSPS) is 24.6. The van der Waals surface area contributed by atoms with Gasteiger partial charge in [-0.25, -0.2) is 0 Å². The minimum absolute atomic E-state index is 0.0431. The van der Waals surface area contributed by atoms with Crippen molar-refractivity contribution < 1.29 is 4.79 Å². The lowest BCUT2D eigenvalue weighted by atomic mass is 9.94. The number of nitrogens with two attached hydrogens (primary N) is 1. The highest BCUT2D eigenvalue weighted by Gasteiger charge is 2.29. The lowest BCUT2D eigenvalue weighted by molar-refractivity contribution is -0.129. The van der Waals surface area contributed by atoms with Crippen LogP contribution >= 0.6 is 0 Å². The van der Waals surface area contributed by atoms with Crippen molar-refractivity contribution in [2.24, 2.45) is 17.6 Å². The van der Waals surface area contributed by atoms with Gasteiger partial charge in [-0.3, -0.25) is 9.69 Å². The minimum Gasteiger partial charge on any atom is -0.353 e. The summed E-state index contributed by atoms with van der Waals surface area (Å²) in [7, 11) is 0. The fourth-order valence-electron chi connectivity index (χ4n) is 2.28. The summed E-state index contributed by atoms with van der Waals surface area (Å²) in [6, 6.07) is 0.0431. The van der Waals surface area contributed by atoms with Crippen LogP contribution in [0.25, 0.3) is 0 Å². The number of nitrogens with zero attached hydrogens (tertiary/aromatic N) is 1. The molecular formula is C12H25N3O. The van der Waals surface area contributed by atoms with Gasteiger partial charge in [0.15, 0.2) is 0 Å². The van der Waals surface area contributed by atoms with E-state index in [0.717, 1.165) is 26.1 Å². The van der Waals surface area contributed by atoms with Gasteiger partial charge in [-0.05, 0) is 24.8 Å². The van der Waals surface area contributed by atoms with Crippen LogP contribution in [0.15, 0.2) is 0 Å². The first-order valence-electron chi connectivity index (χ1n) is 6.32. The van der Waals surface area contributed by atoms with Crippen LogP contribution in [0.2, 0.25) is 0 Å². The van der Waals surface area contributed by atoms with Gasteiger partial charge in [0.05, 0.1) is 6.04 Å². The van der Waals surface area contributed by atoms with E-state index in [9.17, 15) is 4.79 Å². The van der Waals surface area contributed by atoms with Gasteiger partial charge in [0.1, 0.15) is 0 Å². The average Bonchev–Trinajstić information content (AvgIpc) is 2.25. The summed E-state index contributed by atoms with van der Waals surface area (Å²) in [5.74, 6) is 1.24. The molecule has 1 aliphatic heterocycles. The highest BCUT2D eigenvalue weighted by molar-refractivity contribution is 5.82. The highest BCUT2D eigenvalue weighted by Crippen LogP contribution is 2.16. The predicted molar refractivity (Wildman–Crippen MR) is 66.0 cm³/mol. The zero-order valence-electron chi connectivity index (χ0n) is 10.7. The summed E-state index contributed by atoms with van der Waals surface area (Å²) < 4.78 is 0. The van der Waals surface area contributed by atoms with Crippen molar-refractivity contribution in [1.82, 2.24) is 10.2 Å². The van der Waals surface area contributed by atoms with Gasteiger partial charge < -0.3 is 11.1 Å². The smallest absolute Gasteiger partial charge is 0.237 e. The second kappa shape index (κ2) is 6.21. The monoisotopic (exact) mass is 227 g/mol. The maximum Gasteiger partial charge on any atom is 0.237 e. The molecule has 3 N–H and O–H groups in total. The molecule has 0 radical (unpaired) electrons. The van der Waals surface area contributed by atoms with Crippen molar-refractivity contribution in [3.63, 3.8) is 0 Å². The summed E-state index contributed by atoms with van der Waals surface area (Å²) >= 11 is 0. The largest absolute Gasteiger partial charge is 0.353 e. The van der Waals surface area contributed by atoms with Crippen LogP contribution in [-0.4, -0.2) is 43.0 Å². The van der Waals surface area contributed by atoms with Crippen LogP contribution < -0.4 is 11.1 Å². The Hall–Kier alpha value is -0.610. The maximum atomic E-state index is 11.7. The molecule has 1 heterocycles. The number of hydrogen-bond acceptors (Lipinski definition) is 3. The third kappa shape index (κ3) is 3.19. The number of nitrogens with one attached hydrogen (secondary N) is 1. The van der Waals surface area contributed by atoms with Crippen LogP contribution in [0.4, 0.5) is 0 Å². The quantitative estimate of drug-likeness (QED) is 0.716. The SMILES string of the molecule is CCC1C(=O)NCCN1CC(CN)C(C)C. The summed E-state index contributed by atoms with van der Waals surface area (Å²) in [6.45, 7) is 9.82. The van der Waals surface area contributed by atoms with E-state index in [1.807, 2.05) is 0 Å². The number of piperazine rings is 1. The second-order valence-corrected chi connectivity index (χ2v) is 4.95. The molecule has 1 aliphatic rings. The maximum absolute atomic E-state index is 11.7. The number of amides is 1. The van der Waals surface area contributed by atoms with E-state index < -0.39 is 0 Å². The molecule has 0 saturated carbocycles. The van der Waals surface area contributed by atoms with Gasteiger partial charge in [0.2, 0.25) is 5.91 Å². The van der Waals surface area contributed by atoms with Gasteiger partial charge >= 0.3 is 0 Å². The average molecular weight is 227 g/mol. The van der Waals surface area contributed by atoms with Crippen molar-refractivity contribution in [3.05, 3.63) is 0 Å². The van der Waals surface area contributed by atoms with Crippen molar-refractivity contribution in [3.8, 4) is 0 Å². The summed E-state index contributed by atoms with van der Waals surface area (Å²) in [6.07, 6.45) is 0.876. The lowest BCUT2D eigenvalue weighted by Gasteiger charge is -2.37. The van der Waals surface area contributed by atoms with E-state index in [-0.39, 0.29) is 11.9 Å². The van der Waals surface area contributed by atoms with Crippen molar-refractivity contribution in [2.75, 3.05) is 26.2 Å². The Bertz CT molecular complexity index is 230. The Morgan fingerprint density at radius 3 is 2.75 bits per heavy atom. The molecular weight excluding hydrogens is 202 g/mol. The molecule has 4 heteroatoms. The minimum atomic E-state index is 0.0431. The lowest BCUT2D eigenvalue weighted by Crippen LogP contribution is -2.56. The van der Waals surface area contributed by atoms with Gasteiger partial charge in [-0.1, -0.05) is 20.8 Å². The van der Waals surface area contributed by atoms with Gasteiger partial charge in [0.25, 0.3) is 0 Å². The third-order valence-corrected chi connectivity index (χ3v) is 3.54. The number of carbonyl (C=O) groups is 1. The molecule has 1 amide bonds. The van der Waals surface area contributed by atoms with Crippen molar-refractivity contribution in [1.29, 1.82) is 0 Å². The third-order valence-electron chi connectivity index (χ3n) is 3.54. The number of rotatable bonds is 5. The Balaban J connectivity index is 2.59. The molecule has 0 aromatic heterocycles. The first-order chi connectivity index (χ1) is 7.60. The molecule has 2 atom stereocenters. The van der Waals surface area contributed by atoms with E-state index in [1.54, 1.807) is 0 Å². The summed E-state index contributed by atoms with van der Waals surface area (Å²) in [4.78, 5) is 14.0. The molecule has 4 nitrogen and oxygen atoms in total. The van der Waals surface area contributed by atoms with E-state index in [1.165, 1.54) is 0 Å². The van der Waals surface area contributed by atoms with Crippen LogP contribution in [0.5, 0.6) is 0 Å². The highest BCUT2D eigenvalue weighted by atomic mass is 16.2. The van der Waals surface area contributed by atoms with Gasteiger partial charge in [-0.2, -0.15) is 0 Å². The van der Waals surface area contributed by atoms with Gasteiger partial charge in [-0.15, -0.1) is 0 Å². The van der Waals surface area contributed by atoms with E-state index in [4.69, 9.17) is 5.73 Å². The molecule has 2 unspecified atom stereocenters.